The molecule has 1 amide bonds. The first-order chi connectivity index (χ1) is 9.16. The van der Waals surface area contributed by atoms with E-state index >= 15 is 0 Å². The van der Waals surface area contributed by atoms with Crippen LogP contribution in [-0.2, 0) is 4.79 Å². The van der Waals surface area contributed by atoms with Gasteiger partial charge in [-0.25, -0.2) is 0 Å². The number of fused-ring (bicyclic) bond motifs is 2. The first-order valence-corrected chi connectivity index (χ1v) is 7.12. The average molecular weight is 296 g/mol. The van der Waals surface area contributed by atoms with Gasteiger partial charge in [0.15, 0.2) is 0 Å². The second-order valence-corrected chi connectivity index (χ2v) is 5.95. The van der Waals surface area contributed by atoms with Gasteiger partial charge in [0.1, 0.15) is 0 Å². The molecule has 2 fully saturated rings. The summed E-state index contributed by atoms with van der Waals surface area (Å²) in [6, 6.07) is 3.92. The largest absolute Gasteiger partial charge is 0.349 e. The molecule has 1 aromatic rings. The second kappa shape index (κ2) is 6.10. The number of nitrogens with zero attached hydrogens (tertiary/aromatic N) is 1. The van der Waals surface area contributed by atoms with Crippen molar-refractivity contribution in [2.75, 3.05) is 0 Å². The molecule has 5 atom stereocenters. The molecule has 110 valence electrons. The van der Waals surface area contributed by atoms with Crippen LogP contribution in [0.25, 0.3) is 0 Å². The SMILES string of the molecule is CC(NC(=O)C1C2CCC(C2)C1N)c1cccnc1.Cl. The van der Waals surface area contributed by atoms with Crippen LogP contribution < -0.4 is 11.1 Å². The van der Waals surface area contributed by atoms with Crippen molar-refractivity contribution in [3.8, 4) is 0 Å². The highest BCUT2D eigenvalue weighted by molar-refractivity contribution is 5.85. The maximum Gasteiger partial charge on any atom is 0.225 e. The molecule has 0 aromatic carbocycles. The summed E-state index contributed by atoms with van der Waals surface area (Å²) in [6.45, 7) is 1.99. The summed E-state index contributed by atoms with van der Waals surface area (Å²) in [6.07, 6.45) is 7.04. The predicted molar refractivity (Wildman–Crippen MR) is 80.3 cm³/mol. The molecule has 4 nitrogen and oxygen atoms in total. The number of halogens is 1. The highest BCUT2D eigenvalue weighted by Crippen LogP contribution is 2.47. The monoisotopic (exact) mass is 295 g/mol. The molecule has 2 aliphatic rings. The molecule has 5 unspecified atom stereocenters. The van der Waals surface area contributed by atoms with Crippen LogP contribution in [0.3, 0.4) is 0 Å². The van der Waals surface area contributed by atoms with E-state index in [0.717, 1.165) is 18.4 Å². The molecule has 1 aromatic heterocycles. The number of aromatic nitrogens is 1. The quantitative estimate of drug-likeness (QED) is 0.897. The van der Waals surface area contributed by atoms with E-state index in [1.54, 1.807) is 12.4 Å². The third-order valence-electron chi connectivity index (χ3n) is 4.83. The minimum absolute atomic E-state index is 0. The summed E-state index contributed by atoms with van der Waals surface area (Å²) in [4.78, 5) is 16.5. The van der Waals surface area contributed by atoms with Gasteiger partial charge in [-0.3, -0.25) is 9.78 Å². The Balaban J connectivity index is 0.00000147. The van der Waals surface area contributed by atoms with E-state index in [9.17, 15) is 4.79 Å². The van der Waals surface area contributed by atoms with E-state index in [2.05, 4.69) is 10.3 Å². The highest BCUT2D eigenvalue weighted by Gasteiger charge is 2.49. The lowest BCUT2D eigenvalue weighted by molar-refractivity contribution is -0.127. The van der Waals surface area contributed by atoms with Crippen molar-refractivity contribution in [3.63, 3.8) is 0 Å². The minimum atomic E-state index is -0.00692. The second-order valence-electron chi connectivity index (χ2n) is 5.95. The Hall–Kier alpha value is -1.13. The molecule has 0 aliphatic heterocycles. The number of hydrogen-bond donors (Lipinski definition) is 2. The Morgan fingerprint density at radius 3 is 2.80 bits per heavy atom. The molecule has 0 radical (unpaired) electrons. The summed E-state index contributed by atoms with van der Waals surface area (Å²) >= 11 is 0. The Kier molecular flexibility index (Phi) is 4.66. The van der Waals surface area contributed by atoms with Crippen molar-refractivity contribution in [3.05, 3.63) is 30.1 Å². The average Bonchev–Trinajstić information content (AvgIpc) is 3.00. The predicted octanol–water partition coefficient (Wildman–Crippen LogP) is 2.05. The summed E-state index contributed by atoms with van der Waals surface area (Å²) < 4.78 is 0. The number of nitrogens with two attached hydrogens (primary N) is 1. The third kappa shape index (κ3) is 2.67. The van der Waals surface area contributed by atoms with Gasteiger partial charge >= 0.3 is 0 Å². The van der Waals surface area contributed by atoms with E-state index in [4.69, 9.17) is 5.73 Å². The van der Waals surface area contributed by atoms with Crippen molar-refractivity contribution in [2.45, 2.75) is 38.3 Å². The number of pyridine rings is 1. The lowest BCUT2D eigenvalue weighted by atomic mass is 9.84. The van der Waals surface area contributed by atoms with E-state index in [1.165, 1.54) is 6.42 Å². The van der Waals surface area contributed by atoms with Gasteiger partial charge in [0, 0.05) is 18.4 Å². The van der Waals surface area contributed by atoms with Gasteiger partial charge in [0.2, 0.25) is 5.91 Å². The van der Waals surface area contributed by atoms with Gasteiger partial charge in [-0.15, -0.1) is 12.4 Å². The van der Waals surface area contributed by atoms with Crippen molar-refractivity contribution in [1.29, 1.82) is 0 Å². The minimum Gasteiger partial charge on any atom is -0.349 e. The van der Waals surface area contributed by atoms with E-state index in [1.807, 2.05) is 19.1 Å². The Morgan fingerprint density at radius 1 is 1.45 bits per heavy atom. The van der Waals surface area contributed by atoms with Gasteiger partial charge in [-0.05, 0) is 49.7 Å². The lowest BCUT2D eigenvalue weighted by Gasteiger charge is -2.28. The van der Waals surface area contributed by atoms with Crippen molar-refractivity contribution >= 4 is 18.3 Å². The first kappa shape index (κ1) is 15.3. The van der Waals surface area contributed by atoms with Crippen molar-refractivity contribution in [1.82, 2.24) is 10.3 Å². The Bertz CT molecular complexity index is 465. The molecular formula is C15H22ClN3O. The van der Waals surface area contributed by atoms with Crippen LogP contribution in [0, 0.1) is 17.8 Å². The van der Waals surface area contributed by atoms with Gasteiger partial charge in [0.25, 0.3) is 0 Å². The lowest BCUT2D eigenvalue weighted by Crippen LogP contribution is -2.45. The molecule has 3 rings (SSSR count). The summed E-state index contributed by atoms with van der Waals surface area (Å²) in [7, 11) is 0. The highest BCUT2D eigenvalue weighted by atomic mass is 35.5. The first-order valence-electron chi connectivity index (χ1n) is 7.12. The molecule has 3 N–H and O–H groups in total. The van der Waals surface area contributed by atoms with Crippen LogP contribution in [0.5, 0.6) is 0 Å². The fourth-order valence-electron chi connectivity index (χ4n) is 3.75. The van der Waals surface area contributed by atoms with Gasteiger partial charge in [-0.2, -0.15) is 0 Å². The number of carbonyl (C=O) groups is 1. The standard InChI is InChI=1S/C15H21N3O.ClH/c1-9(12-3-2-6-17-8-12)18-15(19)13-10-4-5-11(7-10)14(13)16;/h2-3,6,8-11,13-14H,4-5,7,16H2,1H3,(H,18,19);1H. The molecule has 5 heteroatoms. The summed E-state index contributed by atoms with van der Waals surface area (Å²) in [5.41, 5.74) is 7.24. The molecule has 2 bridgehead atoms. The summed E-state index contributed by atoms with van der Waals surface area (Å²) in [5, 5.41) is 3.09. The molecule has 2 aliphatic carbocycles. The van der Waals surface area contributed by atoms with Crippen LogP contribution in [0.15, 0.2) is 24.5 Å². The molecule has 0 spiro atoms. The number of amides is 1. The topological polar surface area (TPSA) is 68.0 Å². The molecule has 1 heterocycles. The Morgan fingerprint density at radius 2 is 2.20 bits per heavy atom. The van der Waals surface area contributed by atoms with E-state index < -0.39 is 0 Å². The van der Waals surface area contributed by atoms with Crippen molar-refractivity contribution in [2.24, 2.45) is 23.5 Å². The number of carbonyl (C=O) groups excluding carboxylic acids is 1. The fourth-order valence-corrected chi connectivity index (χ4v) is 3.75. The van der Waals surface area contributed by atoms with Crippen LogP contribution in [0.1, 0.15) is 37.8 Å². The zero-order valence-corrected chi connectivity index (χ0v) is 12.5. The zero-order chi connectivity index (χ0) is 13.4. The molecule has 2 saturated carbocycles. The molecular weight excluding hydrogens is 274 g/mol. The van der Waals surface area contributed by atoms with Crippen LogP contribution in [0.2, 0.25) is 0 Å². The third-order valence-corrected chi connectivity index (χ3v) is 4.83. The normalized spacial score (nSPS) is 32.5. The maximum absolute atomic E-state index is 12.4. The van der Waals surface area contributed by atoms with E-state index in [-0.39, 0.29) is 36.3 Å². The van der Waals surface area contributed by atoms with Crippen LogP contribution in [-0.4, -0.2) is 16.9 Å². The fraction of sp³-hybridized carbons (Fsp3) is 0.600. The Labute approximate surface area is 125 Å². The van der Waals surface area contributed by atoms with Crippen molar-refractivity contribution < 1.29 is 4.79 Å². The number of nitrogens with one attached hydrogen (secondary N) is 1. The number of rotatable bonds is 3. The maximum atomic E-state index is 12.4. The van der Waals surface area contributed by atoms with Crippen LogP contribution in [0.4, 0.5) is 0 Å². The molecule has 20 heavy (non-hydrogen) atoms. The number of hydrogen-bond acceptors (Lipinski definition) is 3. The zero-order valence-electron chi connectivity index (χ0n) is 11.7. The van der Waals surface area contributed by atoms with Gasteiger partial charge in [0.05, 0.1) is 12.0 Å². The smallest absolute Gasteiger partial charge is 0.225 e. The van der Waals surface area contributed by atoms with Gasteiger partial charge < -0.3 is 11.1 Å². The van der Waals surface area contributed by atoms with E-state index in [0.29, 0.717) is 11.8 Å². The molecule has 0 saturated heterocycles. The van der Waals surface area contributed by atoms with Crippen LogP contribution >= 0.6 is 12.4 Å². The van der Waals surface area contributed by atoms with Gasteiger partial charge in [-0.1, -0.05) is 6.07 Å². The summed E-state index contributed by atoms with van der Waals surface area (Å²) in [5.74, 6) is 1.20.